The van der Waals surface area contributed by atoms with E-state index in [0.717, 1.165) is 23.9 Å². The van der Waals surface area contributed by atoms with E-state index in [1.54, 1.807) is 7.11 Å². The molecule has 0 saturated carbocycles. The molecule has 0 aliphatic heterocycles. The normalized spacial score (nSPS) is 9.79. The monoisotopic (exact) mass is 296 g/mol. The smallest absolute Gasteiger partial charge is 0.118 e. The summed E-state index contributed by atoms with van der Waals surface area (Å²) in [6.07, 6.45) is 0. The minimum Gasteiger partial charge on any atom is -1.00 e. The Hall–Kier alpha value is -1.22. The molecule has 4 heteroatoms. The summed E-state index contributed by atoms with van der Waals surface area (Å²) in [5, 5.41) is 4.16. The zero-order valence-corrected chi connectivity index (χ0v) is 12.2. The molecular formula is C15H16Cl2NO-. The lowest BCUT2D eigenvalue weighted by atomic mass is 10.2. The molecule has 2 aromatic carbocycles. The van der Waals surface area contributed by atoms with Gasteiger partial charge in [-0.1, -0.05) is 35.9 Å². The van der Waals surface area contributed by atoms with Crippen molar-refractivity contribution in [3.8, 4) is 5.75 Å². The average Bonchev–Trinajstić information content (AvgIpc) is 2.40. The maximum atomic E-state index is 5.93. The Balaban J connectivity index is 0.00000180. The highest BCUT2D eigenvalue weighted by atomic mass is 35.5. The van der Waals surface area contributed by atoms with Crippen molar-refractivity contribution in [1.29, 1.82) is 0 Å². The summed E-state index contributed by atoms with van der Waals surface area (Å²) in [7, 11) is 1.67. The fourth-order valence-electron chi connectivity index (χ4n) is 1.74. The molecule has 1 N–H and O–H groups in total. The molecule has 0 fully saturated rings. The van der Waals surface area contributed by atoms with Gasteiger partial charge >= 0.3 is 0 Å². The van der Waals surface area contributed by atoms with Crippen LogP contribution in [0.5, 0.6) is 5.75 Å². The lowest BCUT2D eigenvalue weighted by molar-refractivity contribution is -0.00000391. The molecule has 2 aromatic rings. The predicted octanol–water partition coefficient (Wildman–Crippen LogP) is 0.642. The van der Waals surface area contributed by atoms with E-state index in [2.05, 4.69) is 23.5 Å². The van der Waals surface area contributed by atoms with E-state index in [9.17, 15) is 0 Å². The van der Waals surface area contributed by atoms with Gasteiger partial charge in [-0.15, -0.1) is 0 Å². The van der Waals surface area contributed by atoms with E-state index >= 15 is 0 Å². The first-order chi connectivity index (χ1) is 8.78. The van der Waals surface area contributed by atoms with Crippen molar-refractivity contribution in [1.82, 2.24) is 5.32 Å². The Kier molecular flexibility index (Phi) is 6.71. The Morgan fingerprint density at radius 3 is 2.32 bits per heavy atom. The molecule has 0 unspecified atom stereocenters. The van der Waals surface area contributed by atoms with Gasteiger partial charge in [0.15, 0.2) is 0 Å². The van der Waals surface area contributed by atoms with Gasteiger partial charge in [-0.25, -0.2) is 0 Å². The molecular weight excluding hydrogens is 281 g/mol. The average molecular weight is 297 g/mol. The van der Waals surface area contributed by atoms with Gasteiger partial charge < -0.3 is 22.5 Å². The standard InChI is InChI=1S/C15H16ClNO.ClH/c1-18-15-7-5-12(6-8-15)10-17-11-13-3-2-4-14(16)9-13;/h2-9,17H,10-11H2,1H3;1H/p-1. The van der Waals surface area contributed by atoms with Gasteiger partial charge in [0.25, 0.3) is 0 Å². The van der Waals surface area contributed by atoms with E-state index in [-0.39, 0.29) is 12.4 Å². The fourth-order valence-corrected chi connectivity index (χ4v) is 1.95. The number of ether oxygens (including phenoxy) is 1. The van der Waals surface area contributed by atoms with Crippen LogP contribution in [0.25, 0.3) is 0 Å². The van der Waals surface area contributed by atoms with E-state index in [1.807, 2.05) is 30.3 Å². The van der Waals surface area contributed by atoms with Crippen molar-refractivity contribution in [2.24, 2.45) is 0 Å². The highest BCUT2D eigenvalue weighted by Gasteiger charge is 1.96. The first kappa shape index (κ1) is 15.8. The molecule has 0 atom stereocenters. The third kappa shape index (κ3) is 5.11. The third-order valence-electron chi connectivity index (χ3n) is 2.71. The molecule has 2 rings (SSSR count). The van der Waals surface area contributed by atoms with Crippen LogP contribution in [0.15, 0.2) is 48.5 Å². The number of rotatable bonds is 5. The quantitative estimate of drug-likeness (QED) is 0.875. The van der Waals surface area contributed by atoms with Crippen molar-refractivity contribution in [2.75, 3.05) is 7.11 Å². The van der Waals surface area contributed by atoms with Gasteiger partial charge in [0.2, 0.25) is 0 Å². The van der Waals surface area contributed by atoms with Crippen molar-refractivity contribution in [3.05, 3.63) is 64.7 Å². The summed E-state index contributed by atoms with van der Waals surface area (Å²) in [6, 6.07) is 15.9. The number of hydrogen-bond acceptors (Lipinski definition) is 2. The number of halogens is 2. The molecule has 102 valence electrons. The van der Waals surface area contributed by atoms with E-state index in [0.29, 0.717) is 0 Å². The van der Waals surface area contributed by atoms with E-state index in [4.69, 9.17) is 16.3 Å². The van der Waals surface area contributed by atoms with Gasteiger partial charge in [-0.05, 0) is 35.4 Å². The van der Waals surface area contributed by atoms with Crippen LogP contribution in [0, 0.1) is 0 Å². The minimum absolute atomic E-state index is 0. The van der Waals surface area contributed by atoms with Gasteiger partial charge in [-0.3, -0.25) is 0 Å². The lowest BCUT2D eigenvalue weighted by Crippen LogP contribution is -3.00. The first-order valence-corrected chi connectivity index (χ1v) is 6.24. The molecule has 0 aliphatic carbocycles. The summed E-state index contributed by atoms with van der Waals surface area (Å²) in [6.45, 7) is 1.64. The summed E-state index contributed by atoms with van der Waals surface area (Å²) in [5.41, 5.74) is 2.42. The van der Waals surface area contributed by atoms with Gasteiger partial charge in [-0.2, -0.15) is 0 Å². The largest absolute Gasteiger partial charge is 1.00 e. The first-order valence-electron chi connectivity index (χ1n) is 5.86. The molecule has 0 bridgehead atoms. The Labute approximate surface area is 125 Å². The number of methoxy groups -OCH3 is 1. The maximum absolute atomic E-state index is 5.93. The van der Waals surface area contributed by atoms with Crippen molar-refractivity contribution < 1.29 is 17.1 Å². The molecule has 19 heavy (non-hydrogen) atoms. The summed E-state index contributed by atoms with van der Waals surface area (Å²) in [4.78, 5) is 0. The number of hydrogen-bond donors (Lipinski definition) is 1. The Bertz CT molecular complexity index is 500. The number of benzene rings is 2. The summed E-state index contributed by atoms with van der Waals surface area (Å²) < 4.78 is 5.12. The topological polar surface area (TPSA) is 21.3 Å². The van der Waals surface area contributed by atoms with Crippen LogP contribution < -0.4 is 22.5 Å². The zero-order chi connectivity index (χ0) is 12.8. The van der Waals surface area contributed by atoms with Crippen LogP contribution in [0.2, 0.25) is 5.02 Å². The molecule has 2 nitrogen and oxygen atoms in total. The van der Waals surface area contributed by atoms with Crippen LogP contribution in [-0.2, 0) is 13.1 Å². The lowest BCUT2D eigenvalue weighted by Gasteiger charge is -2.06. The Morgan fingerprint density at radius 2 is 1.68 bits per heavy atom. The fraction of sp³-hybridized carbons (Fsp3) is 0.200. The molecule has 0 aliphatic rings. The van der Waals surface area contributed by atoms with Gasteiger partial charge in [0.05, 0.1) is 7.11 Å². The Morgan fingerprint density at radius 1 is 1.00 bits per heavy atom. The van der Waals surface area contributed by atoms with E-state index < -0.39 is 0 Å². The van der Waals surface area contributed by atoms with Crippen molar-refractivity contribution in [2.45, 2.75) is 13.1 Å². The van der Waals surface area contributed by atoms with Crippen molar-refractivity contribution >= 4 is 11.6 Å². The summed E-state index contributed by atoms with van der Waals surface area (Å²) >= 11 is 5.93. The second-order valence-electron chi connectivity index (χ2n) is 4.08. The SMILES string of the molecule is COc1ccc(CNCc2cccc(Cl)c2)cc1.[Cl-]. The van der Waals surface area contributed by atoms with Gasteiger partial charge in [0, 0.05) is 18.1 Å². The van der Waals surface area contributed by atoms with Crippen molar-refractivity contribution in [3.63, 3.8) is 0 Å². The van der Waals surface area contributed by atoms with Crippen LogP contribution >= 0.6 is 11.6 Å². The number of nitrogens with one attached hydrogen (secondary N) is 1. The highest BCUT2D eigenvalue weighted by Crippen LogP contribution is 2.12. The second kappa shape index (κ2) is 8.05. The zero-order valence-electron chi connectivity index (χ0n) is 10.7. The third-order valence-corrected chi connectivity index (χ3v) is 2.94. The van der Waals surface area contributed by atoms with Crippen LogP contribution in [0.1, 0.15) is 11.1 Å². The molecule has 0 aromatic heterocycles. The maximum Gasteiger partial charge on any atom is 0.118 e. The molecule has 0 spiro atoms. The highest BCUT2D eigenvalue weighted by molar-refractivity contribution is 6.30. The van der Waals surface area contributed by atoms with Crippen LogP contribution in [0.4, 0.5) is 0 Å². The van der Waals surface area contributed by atoms with E-state index in [1.165, 1.54) is 11.1 Å². The second-order valence-corrected chi connectivity index (χ2v) is 4.52. The van der Waals surface area contributed by atoms with Gasteiger partial charge in [0.1, 0.15) is 5.75 Å². The molecule has 0 heterocycles. The predicted molar refractivity (Wildman–Crippen MR) is 75.0 cm³/mol. The molecule has 0 radical (unpaired) electrons. The molecule has 0 saturated heterocycles. The summed E-state index contributed by atoms with van der Waals surface area (Å²) in [5.74, 6) is 0.883. The minimum atomic E-state index is 0. The molecule has 0 amide bonds. The van der Waals surface area contributed by atoms with Crippen LogP contribution in [0.3, 0.4) is 0 Å². The van der Waals surface area contributed by atoms with Crippen LogP contribution in [-0.4, -0.2) is 7.11 Å².